The maximum atomic E-state index is 5.27. The minimum Gasteiger partial charge on any atom is -0.497 e. The molecule has 0 spiro atoms. The number of fused-ring (bicyclic) bond motifs is 5. The molecule has 3 heteroatoms. The topological polar surface area (TPSA) is 25.0 Å². The Labute approximate surface area is 108 Å². The third-order valence-electron chi connectivity index (χ3n) is 3.33. The van der Waals surface area contributed by atoms with Gasteiger partial charge in [-0.3, -0.25) is 0 Å². The van der Waals surface area contributed by atoms with E-state index in [1.807, 2.05) is 17.4 Å². The molecule has 0 aliphatic heterocycles. The second-order valence-corrected chi connectivity index (χ2v) is 5.39. The van der Waals surface area contributed by atoms with Gasteiger partial charge in [0.25, 0.3) is 0 Å². The molecule has 2 nitrogen and oxygen atoms in total. The van der Waals surface area contributed by atoms with E-state index in [2.05, 4.69) is 41.4 Å². The average Bonchev–Trinajstić information content (AvgIpc) is 2.93. The fraction of sp³-hybridized carbons (Fsp3) is 0.0667. The fourth-order valence-corrected chi connectivity index (χ4v) is 3.64. The van der Waals surface area contributed by atoms with Gasteiger partial charge < -0.3 is 9.72 Å². The number of benzene rings is 2. The molecule has 4 aromatic rings. The van der Waals surface area contributed by atoms with Crippen LogP contribution >= 0.6 is 11.3 Å². The van der Waals surface area contributed by atoms with Crippen molar-refractivity contribution in [2.45, 2.75) is 0 Å². The maximum Gasteiger partial charge on any atom is 0.120 e. The predicted molar refractivity (Wildman–Crippen MR) is 77.7 cm³/mol. The van der Waals surface area contributed by atoms with Gasteiger partial charge in [0.1, 0.15) is 5.75 Å². The lowest BCUT2D eigenvalue weighted by Gasteiger charge is -1.98. The van der Waals surface area contributed by atoms with Crippen molar-refractivity contribution in [3.63, 3.8) is 0 Å². The predicted octanol–water partition coefficient (Wildman–Crippen LogP) is 4.54. The Bertz CT molecular complexity index is 872. The highest BCUT2D eigenvalue weighted by atomic mass is 32.1. The summed E-state index contributed by atoms with van der Waals surface area (Å²) in [5.41, 5.74) is 2.38. The van der Waals surface area contributed by atoms with E-state index < -0.39 is 0 Å². The van der Waals surface area contributed by atoms with E-state index in [1.165, 1.54) is 25.7 Å². The van der Waals surface area contributed by atoms with Crippen LogP contribution in [0.1, 0.15) is 0 Å². The summed E-state index contributed by atoms with van der Waals surface area (Å²) in [7, 11) is 1.70. The smallest absolute Gasteiger partial charge is 0.120 e. The highest BCUT2D eigenvalue weighted by molar-refractivity contribution is 7.26. The highest BCUT2D eigenvalue weighted by Gasteiger charge is 2.11. The molecule has 0 radical (unpaired) electrons. The summed E-state index contributed by atoms with van der Waals surface area (Å²) in [6, 6.07) is 14.7. The summed E-state index contributed by atoms with van der Waals surface area (Å²) < 4.78 is 7.92. The molecule has 0 saturated carbocycles. The van der Waals surface area contributed by atoms with Gasteiger partial charge in [-0.15, -0.1) is 11.3 Å². The first-order chi connectivity index (χ1) is 8.86. The van der Waals surface area contributed by atoms with Gasteiger partial charge in [-0.05, 0) is 18.2 Å². The van der Waals surface area contributed by atoms with Crippen LogP contribution in [0.4, 0.5) is 0 Å². The second-order valence-electron chi connectivity index (χ2n) is 4.34. The molecule has 2 aromatic carbocycles. The fourth-order valence-electron chi connectivity index (χ4n) is 2.45. The zero-order chi connectivity index (χ0) is 12.1. The monoisotopic (exact) mass is 253 g/mol. The zero-order valence-corrected chi connectivity index (χ0v) is 10.7. The summed E-state index contributed by atoms with van der Waals surface area (Å²) in [6.07, 6.45) is 0. The molecule has 18 heavy (non-hydrogen) atoms. The van der Waals surface area contributed by atoms with E-state index in [4.69, 9.17) is 4.74 Å². The van der Waals surface area contributed by atoms with Gasteiger partial charge in [-0.2, -0.15) is 0 Å². The SMILES string of the molecule is COc1ccc2c(c1)[nH]c1c3ccccc3sc21. The summed E-state index contributed by atoms with van der Waals surface area (Å²) in [5.74, 6) is 0.890. The number of nitrogens with one attached hydrogen (secondary N) is 1. The van der Waals surface area contributed by atoms with Gasteiger partial charge in [-0.25, -0.2) is 0 Å². The quantitative estimate of drug-likeness (QED) is 0.529. The van der Waals surface area contributed by atoms with Crippen molar-refractivity contribution >= 4 is 42.5 Å². The Kier molecular flexibility index (Phi) is 1.94. The van der Waals surface area contributed by atoms with Crippen LogP contribution in [-0.4, -0.2) is 12.1 Å². The minimum absolute atomic E-state index is 0.890. The van der Waals surface area contributed by atoms with E-state index in [0.717, 1.165) is 11.3 Å². The standard InChI is InChI=1S/C15H11NOS/c1-17-9-6-7-10-12(8-9)16-14-11-4-2-3-5-13(11)18-15(10)14/h2-8,16H,1H3. The van der Waals surface area contributed by atoms with Crippen molar-refractivity contribution < 1.29 is 4.74 Å². The molecule has 88 valence electrons. The number of hydrogen-bond acceptors (Lipinski definition) is 2. The van der Waals surface area contributed by atoms with Crippen LogP contribution in [0.15, 0.2) is 42.5 Å². The van der Waals surface area contributed by atoms with Crippen molar-refractivity contribution in [2.75, 3.05) is 7.11 Å². The molecule has 1 N–H and O–H groups in total. The summed E-state index contributed by atoms with van der Waals surface area (Å²) >= 11 is 1.84. The number of rotatable bonds is 1. The molecule has 0 saturated heterocycles. The lowest BCUT2D eigenvalue weighted by atomic mass is 10.2. The van der Waals surface area contributed by atoms with Gasteiger partial charge in [0.15, 0.2) is 0 Å². The minimum atomic E-state index is 0.890. The van der Waals surface area contributed by atoms with Crippen molar-refractivity contribution in [3.8, 4) is 5.75 Å². The third kappa shape index (κ3) is 1.22. The largest absolute Gasteiger partial charge is 0.497 e. The summed E-state index contributed by atoms with van der Waals surface area (Å²) in [6.45, 7) is 0. The van der Waals surface area contributed by atoms with Crippen molar-refractivity contribution in [1.82, 2.24) is 4.98 Å². The van der Waals surface area contributed by atoms with Gasteiger partial charge in [0.2, 0.25) is 0 Å². The molecule has 4 rings (SSSR count). The molecule has 0 atom stereocenters. The second kappa shape index (κ2) is 3.50. The van der Waals surface area contributed by atoms with E-state index in [-0.39, 0.29) is 0 Å². The number of hydrogen-bond donors (Lipinski definition) is 1. The normalized spacial score (nSPS) is 11.6. The van der Waals surface area contributed by atoms with Crippen LogP contribution in [-0.2, 0) is 0 Å². The van der Waals surface area contributed by atoms with Crippen LogP contribution in [0.5, 0.6) is 5.75 Å². The Morgan fingerprint density at radius 3 is 2.83 bits per heavy atom. The Morgan fingerprint density at radius 2 is 1.94 bits per heavy atom. The maximum absolute atomic E-state index is 5.27. The number of H-pyrrole nitrogens is 1. The molecular formula is C15H11NOS. The van der Waals surface area contributed by atoms with E-state index in [0.29, 0.717) is 0 Å². The van der Waals surface area contributed by atoms with E-state index >= 15 is 0 Å². The molecule has 2 aromatic heterocycles. The highest BCUT2D eigenvalue weighted by Crippen LogP contribution is 2.38. The van der Waals surface area contributed by atoms with Crippen LogP contribution in [0.25, 0.3) is 31.2 Å². The Morgan fingerprint density at radius 1 is 1.06 bits per heavy atom. The Balaban J connectivity index is 2.18. The van der Waals surface area contributed by atoms with Gasteiger partial charge in [0.05, 0.1) is 22.8 Å². The first-order valence-electron chi connectivity index (χ1n) is 5.84. The van der Waals surface area contributed by atoms with E-state index in [1.54, 1.807) is 7.11 Å². The van der Waals surface area contributed by atoms with Crippen LogP contribution in [0.2, 0.25) is 0 Å². The number of ether oxygens (including phenoxy) is 1. The summed E-state index contributed by atoms with van der Waals surface area (Å²) in [4.78, 5) is 3.51. The van der Waals surface area contributed by atoms with Crippen molar-refractivity contribution in [3.05, 3.63) is 42.5 Å². The molecule has 0 fully saturated rings. The van der Waals surface area contributed by atoms with Crippen LogP contribution in [0, 0.1) is 0 Å². The number of aromatic nitrogens is 1. The number of methoxy groups -OCH3 is 1. The number of aromatic amines is 1. The zero-order valence-electron chi connectivity index (χ0n) is 9.86. The Hall–Kier alpha value is -2.00. The average molecular weight is 253 g/mol. The van der Waals surface area contributed by atoms with E-state index in [9.17, 15) is 0 Å². The third-order valence-corrected chi connectivity index (χ3v) is 4.53. The molecule has 0 bridgehead atoms. The molecule has 0 aliphatic carbocycles. The molecule has 0 aliphatic rings. The van der Waals surface area contributed by atoms with Crippen LogP contribution < -0.4 is 4.74 Å². The summed E-state index contributed by atoms with van der Waals surface area (Å²) in [5, 5.41) is 2.57. The lowest BCUT2D eigenvalue weighted by molar-refractivity contribution is 0.415. The van der Waals surface area contributed by atoms with Gasteiger partial charge >= 0.3 is 0 Å². The first kappa shape index (κ1) is 9.97. The lowest BCUT2D eigenvalue weighted by Crippen LogP contribution is -1.80. The molecular weight excluding hydrogens is 242 g/mol. The van der Waals surface area contributed by atoms with Crippen molar-refractivity contribution in [1.29, 1.82) is 0 Å². The molecule has 0 unspecified atom stereocenters. The van der Waals surface area contributed by atoms with Crippen LogP contribution in [0.3, 0.4) is 0 Å². The number of thiophene rings is 1. The van der Waals surface area contributed by atoms with Gasteiger partial charge in [0, 0.05) is 21.5 Å². The molecule has 2 heterocycles. The van der Waals surface area contributed by atoms with Crippen molar-refractivity contribution in [2.24, 2.45) is 0 Å². The molecule has 0 amide bonds. The first-order valence-corrected chi connectivity index (χ1v) is 6.65. The van der Waals surface area contributed by atoms with Gasteiger partial charge in [-0.1, -0.05) is 18.2 Å².